The van der Waals surface area contributed by atoms with Crippen molar-refractivity contribution >= 4 is 23.4 Å². The Morgan fingerprint density at radius 2 is 1.81 bits per heavy atom. The van der Waals surface area contributed by atoms with Gasteiger partial charge in [0.25, 0.3) is 0 Å². The number of aromatic nitrogens is 2. The minimum atomic E-state index is -0.479. The molecule has 0 spiro atoms. The molecule has 1 heterocycles. The normalized spacial score (nSPS) is 11.8. The Kier molecular flexibility index (Phi) is 7.54. The molecule has 31 heavy (non-hydrogen) atoms. The number of hydrogen-bond acceptors (Lipinski definition) is 5. The van der Waals surface area contributed by atoms with E-state index in [2.05, 4.69) is 39.8 Å². The molecule has 6 nitrogen and oxygen atoms in total. The molecule has 0 aliphatic rings. The zero-order chi connectivity index (χ0) is 22.2. The summed E-state index contributed by atoms with van der Waals surface area (Å²) in [5.41, 5.74) is 2.37. The van der Waals surface area contributed by atoms with Gasteiger partial charge in [0, 0.05) is 24.0 Å². The van der Waals surface area contributed by atoms with Gasteiger partial charge >= 0.3 is 0 Å². The van der Waals surface area contributed by atoms with Gasteiger partial charge in [0.2, 0.25) is 11.9 Å². The quantitative estimate of drug-likeness (QED) is 0.462. The van der Waals surface area contributed by atoms with E-state index in [0.29, 0.717) is 29.7 Å². The average Bonchev–Trinajstić information content (AvgIpc) is 2.71. The number of carbonyl (C=O) groups is 1. The van der Waals surface area contributed by atoms with Crippen molar-refractivity contribution in [1.82, 2.24) is 15.3 Å². The molecule has 1 amide bonds. The molecule has 0 radical (unpaired) electrons. The summed E-state index contributed by atoms with van der Waals surface area (Å²) in [6.45, 7) is 6.26. The molecular weight excluding hydrogens is 393 g/mol. The molecule has 0 bridgehead atoms. The van der Waals surface area contributed by atoms with Crippen molar-refractivity contribution in [3.63, 3.8) is 0 Å². The second-order valence-corrected chi connectivity index (χ2v) is 7.88. The molecule has 0 aliphatic carbocycles. The molecule has 7 heteroatoms. The number of anilines is 3. The van der Waals surface area contributed by atoms with E-state index in [9.17, 15) is 9.18 Å². The third-order valence-electron chi connectivity index (χ3n) is 4.59. The predicted octanol–water partition coefficient (Wildman–Crippen LogP) is 4.81. The number of para-hydroxylation sites is 1. The summed E-state index contributed by atoms with van der Waals surface area (Å²) in [6.07, 6.45) is 0.624. The maximum atomic E-state index is 13.4. The molecule has 0 fully saturated rings. The fourth-order valence-corrected chi connectivity index (χ4v) is 3.19. The first-order chi connectivity index (χ1) is 14.9. The Hall–Kier alpha value is -3.48. The van der Waals surface area contributed by atoms with Crippen LogP contribution in [0.4, 0.5) is 21.8 Å². The smallest absolute Gasteiger partial charge is 0.242 e. The highest BCUT2D eigenvalue weighted by Crippen LogP contribution is 2.18. The molecule has 0 saturated carbocycles. The maximum Gasteiger partial charge on any atom is 0.242 e. The highest BCUT2D eigenvalue weighted by atomic mass is 19.1. The second-order valence-electron chi connectivity index (χ2n) is 7.88. The summed E-state index contributed by atoms with van der Waals surface area (Å²) in [7, 11) is 0. The van der Waals surface area contributed by atoms with Crippen LogP contribution in [-0.2, 0) is 11.3 Å². The van der Waals surface area contributed by atoms with Crippen LogP contribution in [0.25, 0.3) is 0 Å². The Balaban J connectivity index is 1.71. The molecule has 1 atom stereocenters. The molecule has 3 aromatic rings. The van der Waals surface area contributed by atoms with E-state index in [4.69, 9.17) is 0 Å². The van der Waals surface area contributed by atoms with Crippen LogP contribution < -0.4 is 16.0 Å². The van der Waals surface area contributed by atoms with Crippen LogP contribution in [0.3, 0.4) is 0 Å². The van der Waals surface area contributed by atoms with Crippen LogP contribution in [-0.4, -0.2) is 21.9 Å². The largest absolute Gasteiger partial charge is 0.358 e. The number of halogens is 1. The van der Waals surface area contributed by atoms with Gasteiger partial charge in [0.15, 0.2) is 0 Å². The second kappa shape index (κ2) is 10.5. The van der Waals surface area contributed by atoms with Gasteiger partial charge in [-0.05, 0) is 49.1 Å². The van der Waals surface area contributed by atoms with Crippen LogP contribution in [0, 0.1) is 18.7 Å². The van der Waals surface area contributed by atoms with Crippen LogP contribution in [0.5, 0.6) is 0 Å². The number of benzene rings is 2. The summed E-state index contributed by atoms with van der Waals surface area (Å²) < 4.78 is 13.4. The molecular formula is C24H28FN5O. The van der Waals surface area contributed by atoms with Crippen molar-refractivity contribution in [2.45, 2.75) is 39.8 Å². The molecule has 0 saturated heterocycles. The van der Waals surface area contributed by atoms with E-state index in [1.54, 1.807) is 12.1 Å². The zero-order valence-corrected chi connectivity index (χ0v) is 18.0. The third kappa shape index (κ3) is 7.06. The first-order valence-electron chi connectivity index (χ1n) is 10.4. The lowest BCUT2D eigenvalue weighted by molar-refractivity contribution is -0.122. The fourth-order valence-electron chi connectivity index (χ4n) is 3.19. The first-order valence-corrected chi connectivity index (χ1v) is 10.4. The highest BCUT2D eigenvalue weighted by molar-refractivity contribution is 5.84. The summed E-state index contributed by atoms with van der Waals surface area (Å²) in [4.78, 5) is 21.8. The Morgan fingerprint density at radius 1 is 1.03 bits per heavy atom. The Bertz CT molecular complexity index is 1010. The standard InChI is InChI=1S/C24H28FN5O/c1-16(2)12-21(23(31)26-15-18-8-7-9-19(25)14-18)29-22-13-17(3)27-24(30-22)28-20-10-5-4-6-11-20/h4-11,13-14,16,21H,12,15H2,1-3H3,(H,26,31)(H2,27,28,29,30)/t21-/m0/s1. The lowest BCUT2D eigenvalue weighted by Crippen LogP contribution is -2.40. The summed E-state index contributed by atoms with van der Waals surface area (Å²) in [5, 5.41) is 9.32. The van der Waals surface area contributed by atoms with Gasteiger partial charge in [-0.3, -0.25) is 4.79 Å². The topological polar surface area (TPSA) is 78.9 Å². The molecule has 3 rings (SSSR count). The maximum absolute atomic E-state index is 13.4. The van der Waals surface area contributed by atoms with Gasteiger partial charge in [0.1, 0.15) is 17.7 Å². The van der Waals surface area contributed by atoms with E-state index < -0.39 is 6.04 Å². The third-order valence-corrected chi connectivity index (χ3v) is 4.59. The molecule has 1 aromatic heterocycles. The molecule has 2 aromatic carbocycles. The molecule has 3 N–H and O–H groups in total. The van der Waals surface area contributed by atoms with Gasteiger partial charge in [-0.2, -0.15) is 4.98 Å². The summed E-state index contributed by atoms with van der Waals surface area (Å²) in [6, 6.07) is 17.2. The number of amides is 1. The lowest BCUT2D eigenvalue weighted by Gasteiger charge is -2.21. The van der Waals surface area contributed by atoms with Gasteiger partial charge in [0.05, 0.1) is 0 Å². The van der Waals surface area contributed by atoms with Crippen molar-refractivity contribution in [3.05, 3.63) is 77.7 Å². The number of carbonyl (C=O) groups excluding carboxylic acids is 1. The predicted molar refractivity (Wildman–Crippen MR) is 122 cm³/mol. The van der Waals surface area contributed by atoms with Crippen molar-refractivity contribution in [3.8, 4) is 0 Å². The van der Waals surface area contributed by atoms with Crippen molar-refractivity contribution in [1.29, 1.82) is 0 Å². The van der Waals surface area contributed by atoms with Crippen LogP contribution >= 0.6 is 0 Å². The fraction of sp³-hybridized carbons (Fsp3) is 0.292. The lowest BCUT2D eigenvalue weighted by atomic mass is 10.0. The summed E-state index contributed by atoms with van der Waals surface area (Å²) in [5.74, 6) is 0.835. The molecule has 0 aliphatic heterocycles. The minimum absolute atomic E-state index is 0.160. The average molecular weight is 422 g/mol. The van der Waals surface area contributed by atoms with E-state index >= 15 is 0 Å². The van der Waals surface area contributed by atoms with Crippen molar-refractivity contribution in [2.24, 2.45) is 5.92 Å². The number of nitrogens with one attached hydrogen (secondary N) is 3. The van der Waals surface area contributed by atoms with Gasteiger partial charge < -0.3 is 16.0 Å². The van der Waals surface area contributed by atoms with E-state index in [1.807, 2.05) is 43.3 Å². The number of nitrogens with zero attached hydrogens (tertiary/aromatic N) is 2. The van der Waals surface area contributed by atoms with E-state index in [-0.39, 0.29) is 18.3 Å². The highest BCUT2D eigenvalue weighted by Gasteiger charge is 2.20. The van der Waals surface area contributed by atoms with Crippen molar-refractivity contribution in [2.75, 3.05) is 10.6 Å². The van der Waals surface area contributed by atoms with E-state index in [0.717, 1.165) is 11.4 Å². The number of rotatable bonds is 9. The monoisotopic (exact) mass is 421 g/mol. The number of hydrogen-bond donors (Lipinski definition) is 3. The van der Waals surface area contributed by atoms with Crippen LogP contribution in [0.1, 0.15) is 31.5 Å². The van der Waals surface area contributed by atoms with Gasteiger partial charge in [-0.25, -0.2) is 9.37 Å². The minimum Gasteiger partial charge on any atom is -0.358 e. The Labute approximate surface area is 182 Å². The Morgan fingerprint density at radius 3 is 2.52 bits per heavy atom. The van der Waals surface area contributed by atoms with Crippen LogP contribution in [0.15, 0.2) is 60.7 Å². The van der Waals surface area contributed by atoms with Gasteiger partial charge in [-0.1, -0.05) is 44.2 Å². The summed E-state index contributed by atoms with van der Waals surface area (Å²) >= 11 is 0. The number of aryl methyl sites for hydroxylation is 1. The van der Waals surface area contributed by atoms with Crippen LogP contribution in [0.2, 0.25) is 0 Å². The zero-order valence-electron chi connectivity index (χ0n) is 18.0. The first kappa shape index (κ1) is 22.2. The van der Waals surface area contributed by atoms with Crippen molar-refractivity contribution < 1.29 is 9.18 Å². The van der Waals surface area contributed by atoms with Gasteiger partial charge in [-0.15, -0.1) is 0 Å². The molecule has 162 valence electrons. The SMILES string of the molecule is Cc1cc(N[C@@H](CC(C)C)C(=O)NCc2cccc(F)c2)nc(Nc2ccccc2)n1. The van der Waals surface area contributed by atoms with E-state index in [1.165, 1.54) is 12.1 Å². The molecule has 0 unspecified atom stereocenters.